The number of thiazole rings is 1. The molecule has 3 aromatic rings. The quantitative estimate of drug-likeness (QED) is 0.742. The van der Waals surface area contributed by atoms with Crippen LogP contribution in [-0.4, -0.2) is 24.0 Å². The smallest absolute Gasteiger partial charge is 0.339 e. The summed E-state index contributed by atoms with van der Waals surface area (Å²) in [7, 11) is 1.29. The van der Waals surface area contributed by atoms with Crippen molar-refractivity contribution in [1.82, 2.24) is 4.98 Å². The summed E-state index contributed by atoms with van der Waals surface area (Å²) < 4.78 is 9.71. The van der Waals surface area contributed by atoms with Crippen LogP contribution in [0.4, 0.5) is 5.69 Å². The molecule has 0 saturated carbocycles. The summed E-state index contributed by atoms with van der Waals surface area (Å²) in [4.78, 5) is 28.3. The SMILES string of the molecule is COC(=O)c1ccccc1NC(=O)c1csc(-c2ccoc2)n1. The molecule has 0 saturated heterocycles. The Morgan fingerprint density at radius 3 is 2.83 bits per heavy atom. The van der Waals surface area contributed by atoms with Crippen LogP contribution in [0.3, 0.4) is 0 Å². The molecule has 0 atom stereocenters. The van der Waals surface area contributed by atoms with Crippen LogP contribution in [0.5, 0.6) is 0 Å². The first-order chi connectivity index (χ1) is 11.2. The van der Waals surface area contributed by atoms with Crippen molar-refractivity contribution >= 4 is 28.9 Å². The Balaban J connectivity index is 1.82. The van der Waals surface area contributed by atoms with Crippen molar-refractivity contribution in [3.63, 3.8) is 0 Å². The number of hydrogen-bond acceptors (Lipinski definition) is 6. The first-order valence-corrected chi connectivity index (χ1v) is 7.54. The normalized spacial score (nSPS) is 10.3. The Bertz CT molecular complexity index is 839. The third kappa shape index (κ3) is 3.14. The number of aromatic nitrogens is 1. The van der Waals surface area contributed by atoms with Crippen molar-refractivity contribution < 1.29 is 18.7 Å². The topological polar surface area (TPSA) is 81.4 Å². The number of methoxy groups -OCH3 is 1. The van der Waals surface area contributed by atoms with Crippen LogP contribution in [0.25, 0.3) is 10.6 Å². The average molecular weight is 328 g/mol. The number of rotatable bonds is 4. The lowest BCUT2D eigenvalue weighted by Crippen LogP contribution is -2.15. The Hall–Kier alpha value is -2.93. The summed E-state index contributed by atoms with van der Waals surface area (Å²) in [5.41, 5.74) is 1.74. The molecular weight excluding hydrogens is 316 g/mol. The number of nitrogens with one attached hydrogen (secondary N) is 1. The van der Waals surface area contributed by atoms with Gasteiger partial charge in [0.05, 0.1) is 24.6 Å². The Morgan fingerprint density at radius 1 is 1.26 bits per heavy atom. The minimum atomic E-state index is -0.515. The number of carbonyl (C=O) groups excluding carboxylic acids is 2. The third-order valence-corrected chi connectivity index (χ3v) is 3.98. The maximum absolute atomic E-state index is 12.3. The summed E-state index contributed by atoms with van der Waals surface area (Å²) in [6.45, 7) is 0. The minimum Gasteiger partial charge on any atom is -0.472 e. The Labute approximate surface area is 135 Å². The van der Waals surface area contributed by atoms with E-state index in [1.807, 2.05) is 0 Å². The van der Waals surface area contributed by atoms with Gasteiger partial charge in [0.25, 0.3) is 5.91 Å². The number of esters is 1. The lowest BCUT2D eigenvalue weighted by atomic mass is 10.2. The van der Waals surface area contributed by atoms with Gasteiger partial charge in [0.1, 0.15) is 17.0 Å². The first-order valence-electron chi connectivity index (χ1n) is 6.66. The molecule has 0 bridgehead atoms. The van der Waals surface area contributed by atoms with Crippen LogP contribution in [-0.2, 0) is 4.74 Å². The van der Waals surface area contributed by atoms with E-state index in [4.69, 9.17) is 9.15 Å². The molecule has 2 heterocycles. The molecule has 0 aliphatic rings. The van der Waals surface area contributed by atoms with Crippen LogP contribution in [0, 0.1) is 0 Å². The highest BCUT2D eigenvalue weighted by Gasteiger charge is 2.16. The van der Waals surface area contributed by atoms with Crippen LogP contribution < -0.4 is 5.32 Å². The third-order valence-electron chi connectivity index (χ3n) is 3.09. The van der Waals surface area contributed by atoms with Gasteiger partial charge in [-0.2, -0.15) is 0 Å². The summed E-state index contributed by atoms with van der Waals surface area (Å²) in [6.07, 6.45) is 3.11. The molecule has 0 radical (unpaired) electrons. The van der Waals surface area contributed by atoms with Gasteiger partial charge in [-0.05, 0) is 18.2 Å². The molecule has 1 amide bonds. The van der Waals surface area contributed by atoms with Crippen molar-refractivity contribution in [1.29, 1.82) is 0 Å². The highest BCUT2D eigenvalue weighted by Crippen LogP contribution is 2.24. The number of para-hydroxylation sites is 1. The molecule has 3 rings (SSSR count). The van der Waals surface area contributed by atoms with E-state index >= 15 is 0 Å². The summed E-state index contributed by atoms with van der Waals surface area (Å²) in [5.74, 6) is -0.911. The van der Waals surface area contributed by atoms with Crippen LogP contribution in [0.15, 0.2) is 52.7 Å². The summed E-state index contributed by atoms with van der Waals surface area (Å²) in [6, 6.07) is 8.40. The molecule has 1 N–H and O–H groups in total. The van der Waals surface area contributed by atoms with E-state index < -0.39 is 11.9 Å². The Morgan fingerprint density at radius 2 is 2.09 bits per heavy atom. The van der Waals surface area contributed by atoms with Gasteiger partial charge in [0, 0.05) is 10.9 Å². The zero-order valence-electron chi connectivity index (χ0n) is 12.1. The highest BCUT2D eigenvalue weighted by atomic mass is 32.1. The number of amides is 1. The fraction of sp³-hybridized carbons (Fsp3) is 0.0625. The van der Waals surface area contributed by atoms with Gasteiger partial charge in [-0.1, -0.05) is 12.1 Å². The average Bonchev–Trinajstić information content (AvgIpc) is 3.25. The van der Waals surface area contributed by atoms with E-state index in [2.05, 4.69) is 10.3 Å². The van der Waals surface area contributed by atoms with E-state index in [0.717, 1.165) is 5.56 Å². The molecule has 6 nitrogen and oxygen atoms in total. The molecular formula is C16H12N2O4S. The number of nitrogens with zero attached hydrogens (tertiary/aromatic N) is 1. The number of ether oxygens (including phenoxy) is 1. The second-order valence-corrected chi connectivity index (χ2v) is 5.40. The molecule has 0 spiro atoms. The first kappa shape index (κ1) is 15.0. The lowest BCUT2D eigenvalue weighted by molar-refractivity contribution is 0.0602. The largest absolute Gasteiger partial charge is 0.472 e. The van der Waals surface area contributed by atoms with E-state index in [1.165, 1.54) is 18.4 Å². The standard InChI is InChI=1S/C16H12N2O4S/c1-21-16(20)11-4-2-3-5-12(11)17-14(19)13-9-23-15(18-13)10-6-7-22-8-10/h2-9H,1H3,(H,17,19). The van der Waals surface area contributed by atoms with Crippen molar-refractivity contribution in [3.05, 3.63) is 59.5 Å². The predicted octanol–water partition coefficient (Wildman–Crippen LogP) is 3.44. The molecule has 2 aromatic heterocycles. The molecule has 0 fully saturated rings. The molecule has 0 aliphatic carbocycles. The number of benzene rings is 1. The van der Waals surface area contributed by atoms with Gasteiger partial charge >= 0.3 is 5.97 Å². The maximum atomic E-state index is 12.3. The van der Waals surface area contributed by atoms with Crippen molar-refractivity contribution in [3.8, 4) is 10.6 Å². The maximum Gasteiger partial charge on any atom is 0.339 e. The Kier molecular flexibility index (Phi) is 4.20. The monoisotopic (exact) mass is 328 g/mol. The second kappa shape index (κ2) is 6.45. The van der Waals surface area contributed by atoms with Gasteiger partial charge in [-0.15, -0.1) is 11.3 Å². The van der Waals surface area contributed by atoms with E-state index in [-0.39, 0.29) is 11.3 Å². The van der Waals surface area contributed by atoms with Crippen LogP contribution in [0.1, 0.15) is 20.8 Å². The van der Waals surface area contributed by atoms with E-state index in [0.29, 0.717) is 10.7 Å². The predicted molar refractivity (Wildman–Crippen MR) is 85.6 cm³/mol. The van der Waals surface area contributed by atoms with Crippen LogP contribution >= 0.6 is 11.3 Å². The van der Waals surface area contributed by atoms with E-state index in [9.17, 15) is 9.59 Å². The van der Waals surface area contributed by atoms with Crippen LogP contribution in [0.2, 0.25) is 0 Å². The molecule has 0 unspecified atom stereocenters. The molecule has 116 valence electrons. The zero-order chi connectivity index (χ0) is 16.2. The fourth-order valence-corrected chi connectivity index (χ4v) is 2.75. The minimum absolute atomic E-state index is 0.269. The summed E-state index contributed by atoms with van der Waals surface area (Å²) in [5, 5.41) is 5.02. The number of anilines is 1. The fourth-order valence-electron chi connectivity index (χ4n) is 1.96. The zero-order valence-corrected chi connectivity index (χ0v) is 12.9. The number of furan rings is 1. The second-order valence-electron chi connectivity index (χ2n) is 4.54. The van der Waals surface area contributed by atoms with E-state index in [1.54, 1.807) is 48.2 Å². The summed E-state index contributed by atoms with van der Waals surface area (Å²) >= 11 is 1.34. The van der Waals surface area contributed by atoms with Crippen molar-refractivity contribution in [2.45, 2.75) is 0 Å². The number of carbonyl (C=O) groups is 2. The van der Waals surface area contributed by atoms with Gasteiger partial charge in [0.15, 0.2) is 0 Å². The molecule has 1 aromatic carbocycles. The molecule has 0 aliphatic heterocycles. The number of hydrogen-bond donors (Lipinski definition) is 1. The van der Waals surface area contributed by atoms with Gasteiger partial charge in [0.2, 0.25) is 0 Å². The van der Waals surface area contributed by atoms with Crippen molar-refractivity contribution in [2.75, 3.05) is 12.4 Å². The lowest BCUT2D eigenvalue weighted by Gasteiger charge is -2.08. The van der Waals surface area contributed by atoms with Gasteiger partial charge < -0.3 is 14.5 Å². The van der Waals surface area contributed by atoms with Crippen molar-refractivity contribution in [2.24, 2.45) is 0 Å². The molecule has 23 heavy (non-hydrogen) atoms. The van der Waals surface area contributed by atoms with Gasteiger partial charge in [-0.25, -0.2) is 9.78 Å². The molecule has 7 heteroatoms. The highest BCUT2D eigenvalue weighted by molar-refractivity contribution is 7.13. The van der Waals surface area contributed by atoms with Gasteiger partial charge in [-0.3, -0.25) is 4.79 Å².